The fraction of sp³-hybridized carbons (Fsp3) is 0.412. The highest BCUT2D eigenvalue weighted by Gasteiger charge is 2.25. The number of carbonyl (C=O) groups excluding carboxylic acids is 1. The van der Waals surface area contributed by atoms with E-state index in [4.69, 9.17) is 12.2 Å². The Hall–Kier alpha value is -1.66. The lowest BCUT2D eigenvalue weighted by Crippen LogP contribution is -2.37. The van der Waals surface area contributed by atoms with Crippen LogP contribution in [0.2, 0.25) is 0 Å². The van der Waals surface area contributed by atoms with Crippen LogP contribution in [0.4, 0.5) is 5.69 Å². The van der Waals surface area contributed by atoms with Crippen LogP contribution in [-0.2, 0) is 4.79 Å². The molecule has 1 saturated heterocycles. The highest BCUT2D eigenvalue weighted by molar-refractivity contribution is 7.73. The standard InChI is InChI=1S/C17H21N3OS2/c1-3-11(2)20-8-6-12(7-9-20)16(21)18-13-4-5-14-15(10-13)23-17(22)19-14/h3-5,10,12H,6-9H2,1-2H3,(H,18,21)(H,19,22)/b11-3+. The number of carbonyl (C=O) groups is 1. The van der Waals surface area contributed by atoms with Crippen molar-refractivity contribution in [1.82, 2.24) is 9.88 Å². The van der Waals surface area contributed by atoms with E-state index < -0.39 is 0 Å². The molecular formula is C17H21N3OS2. The first-order valence-electron chi connectivity index (χ1n) is 7.88. The summed E-state index contributed by atoms with van der Waals surface area (Å²) in [5.74, 6) is 0.220. The number of aromatic amines is 1. The smallest absolute Gasteiger partial charge is 0.227 e. The second kappa shape index (κ2) is 6.84. The first-order chi connectivity index (χ1) is 11.1. The summed E-state index contributed by atoms with van der Waals surface area (Å²) in [5, 5.41) is 3.06. The Bertz CT molecular complexity index is 798. The second-order valence-electron chi connectivity index (χ2n) is 5.91. The van der Waals surface area contributed by atoms with Gasteiger partial charge in [0.2, 0.25) is 5.91 Å². The average molecular weight is 348 g/mol. The van der Waals surface area contributed by atoms with Gasteiger partial charge in [0.15, 0.2) is 3.95 Å². The van der Waals surface area contributed by atoms with Crippen molar-refractivity contribution in [1.29, 1.82) is 0 Å². The van der Waals surface area contributed by atoms with Crippen molar-refractivity contribution >= 4 is 45.4 Å². The van der Waals surface area contributed by atoms with E-state index in [0.717, 1.165) is 45.8 Å². The lowest BCUT2D eigenvalue weighted by Gasteiger charge is -2.33. The molecule has 1 aliphatic heterocycles. The van der Waals surface area contributed by atoms with Gasteiger partial charge in [-0.05, 0) is 57.1 Å². The van der Waals surface area contributed by atoms with Gasteiger partial charge < -0.3 is 15.2 Å². The number of nitrogens with zero attached hydrogens (tertiary/aromatic N) is 1. The highest BCUT2D eigenvalue weighted by Crippen LogP contribution is 2.25. The van der Waals surface area contributed by atoms with E-state index in [9.17, 15) is 4.79 Å². The SMILES string of the molecule is C/C=C(\C)N1CCC(C(=O)Nc2ccc3[nH]c(=S)sc3c2)CC1. The number of anilines is 1. The van der Waals surface area contributed by atoms with Gasteiger partial charge in [-0.25, -0.2) is 0 Å². The quantitative estimate of drug-likeness (QED) is 0.802. The number of rotatable bonds is 3. The number of H-pyrrole nitrogens is 1. The molecule has 3 rings (SSSR count). The Kier molecular flexibility index (Phi) is 4.82. The molecule has 1 aliphatic rings. The molecule has 0 unspecified atom stereocenters. The number of hydrogen-bond donors (Lipinski definition) is 2. The zero-order valence-corrected chi connectivity index (χ0v) is 15.0. The molecule has 2 aromatic rings. The van der Waals surface area contributed by atoms with Gasteiger partial charge in [-0.3, -0.25) is 4.79 Å². The van der Waals surface area contributed by atoms with Gasteiger partial charge in [-0.2, -0.15) is 0 Å². The number of allylic oxidation sites excluding steroid dienone is 2. The number of piperidine rings is 1. The molecule has 0 atom stereocenters. The van der Waals surface area contributed by atoms with Crippen molar-refractivity contribution in [2.45, 2.75) is 26.7 Å². The summed E-state index contributed by atoms with van der Waals surface area (Å²) >= 11 is 6.68. The van der Waals surface area contributed by atoms with E-state index >= 15 is 0 Å². The predicted octanol–water partition coefficient (Wildman–Crippen LogP) is 4.53. The third kappa shape index (κ3) is 3.64. The first kappa shape index (κ1) is 16.2. The Morgan fingerprint density at radius 2 is 2.17 bits per heavy atom. The summed E-state index contributed by atoms with van der Waals surface area (Å²) in [5.41, 5.74) is 3.16. The highest BCUT2D eigenvalue weighted by atomic mass is 32.1. The molecule has 0 spiro atoms. The van der Waals surface area contributed by atoms with Gasteiger partial charge in [0.05, 0.1) is 10.2 Å². The fourth-order valence-corrected chi connectivity index (χ4v) is 4.10. The summed E-state index contributed by atoms with van der Waals surface area (Å²) in [4.78, 5) is 18.0. The van der Waals surface area contributed by atoms with Crippen LogP contribution in [0.5, 0.6) is 0 Å². The molecular weight excluding hydrogens is 326 g/mol. The van der Waals surface area contributed by atoms with Crippen LogP contribution in [0.15, 0.2) is 30.0 Å². The number of amides is 1. The number of nitrogens with one attached hydrogen (secondary N) is 2. The molecule has 4 nitrogen and oxygen atoms in total. The Labute approximate surface area is 145 Å². The van der Waals surface area contributed by atoms with Crippen LogP contribution in [-0.4, -0.2) is 28.9 Å². The molecule has 1 amide bonds. The van der Waals surface area contributed by atoms with Crippen molar-refractivity contribution in [3.63, 3.8) is 0 Å². The Morgan fingerprint density at radius 1 is 1.43 bits per heavy atom. The second-order valence-corrected chi connectivity index (χ2v) is 7.62. The summed E-state index contributed by atoms with van der Waals surface area (Å²) < 4.78 is 1.83. The summed E-state index contributed by atoms with van der Waals surface area (Å²) in [6.45, 7) is 6.08. The van der Waals surface area contributed by atoms with Gasteiger partial charge in [-0.15, -0.1) is 11.3 Å². The minimum absolute atomic E-state index is 0.0935. The van der Waals surface area contributed by atoms with Gasteiger partial charge in [0.25, 0.3) is 0 Å². The minimum atomic E-state index is 0.0935. The molecule has 2 N–H and O–H groups in total. The molecule has 1 aromatic carbocycles. The zero-order chi connectivity index (χ0) is 16.4. The molecule has 1 aromatic heterocycles. The predicted molar refractivity (Wildman–Crippen MR) is 99.4 cm³/mol. The van der Waals surface area contributed by atoms with E-state index in [1.165, 1.54) is 17.0 Å². The first-order valence-corrected chi connectivity index (χ1v) is 9.11. The maximum absolute atomic E-state index is 12.5. The lowest BCUT2D eigenvalue weighted by atomic mass is 9.95. The van der Waals surface area contributed by atoms with E-state index in [1.54, 1.807) is 0 Å². The molecule has 0 aliphatic carbocycles. The maximum atomic E-state index is 12.5. The number of benzene rings is 1. The van der Waals surface area contributed by atoms with Crippen LogP contribution < -0.4 is 5.32 Å². The van der Waals surface area contributed by atoms with Gasteiger partial charge >= 0.3 is 0 Å². The third-order valence-corrected chi connectivity index (χ3v) is 5.67. The normalized spacial score (nSPS) is 16.8. The van der Waals surface area contributed by atoms with Gasteiger partial charge in [-0.1, -0.05) is 6.08 Å². The Balaban J connectivity index is 1.63. The fourth-order valence-electron chi connectivity index (χ4n) is 2.94. The largest absolute Gasteiger partial charge is 0.375 e. The van der Waals surface area contributed by atoms with Crippen LogP contribution in [0.1, 0.15) is 26.7 Å². The lowest BCUT2D eigenvalue weighted by molar-refractivity contribution is -0.121. The van der Waals surface area contributed by atoms with Crippen LogP contribution in [0.25, 0.3) is 10.2 Å². The minimum Gasteiger partial charge on any atom is -0.375 e. The zero-order valence-electron chi connectivity index (χ0n) is 13.4. The summed E-state index contributed by atoms with van der Waals surface area (Å²) in [7, 11) is 0. The number of hydrogen-bond acceptors (Lipinski definition) is 4. The molecule has 1 fully saturated rings. The number of aromatic nitrogens is 1. The van der Waals surface area contributed by atoms with E-state index in [0.29, 0.717) is 0 Å². The molecule has 6 heteroatoms. The molecule has 2 heterocycles. The van der Waals surface area contributed by atoms with E-state index in [-0.39, 0.29) is 11.8 Å². The van der Waals surface area contributed by atoms with Gasteiger partial charge in [0.1, 0.15) is 0 Å². The molecule has 122 valence electrons. The van der Waals surface area contributed by atoms with Crippen molar-refractivity contribution in [3.8, 4) is 0 Å². The summed E-state index contributed by atoms with van der Waals surface area (Å²) in [6.07, 6.45) is 3.94. The molecule has 0 bridgehead atoms. The van der Waals surface area contributed by atoms with Crippen LogP contribution in [0.3, 0.4) is 0 Å². The van der Waals surface area contributed by atoms with Gasteiger partial charge in [0, 0.05) is 30.4 Å². The van der Waals surface area contributed by atoms with E-state index in [2.05, 4.69) is 35.1 Å². The molecule has 23 heavy (non-hydrogen) atoms. The topological polar surface area (TPSA) is 48.1 Å². The van der Waals surface area contributed by atoms with Crippen molar-refractivity contribution in [2.75, 3.05) is 18.4 Å². The summed E-state index contributed by atoms with van der Waals surface area (Å²) in [6, 6.07) is 5.88. The molecule has 0 saturated carbocycles. The number of likely N-dealkylation sites (tertiary alicyclic amines) is 1. The van der Waals surface area contributed by atoms with E-state index in [1.807, 2.05) is 18.2 Å². The van der Waals surface area contributed by atoms with Crippen LogP contribution >= 0.6 is 23.6 Å². The molecule has 0 radical (unpaired) electrons. The van der Waals surface area contributed by atoms with Crippen LogP contribution in [0, 0.1) is 9.87 Å². The average Bonchev–Trinajstić information content (AvgIpc) is 2.93. The van der Waals surface area contributed by atoms with Crippen molar-refractivity contribution in [2.24, 2.45) is 5.92 Å². The van der Waals surface area contributed by atoms with Crippen molar-refractivity contribution in [3.05, 3.63) is 33.9 Å². The number of thiazole rings is 1. The Morgan fingerprint density at radius 3 is 2.87 bits per heavy atom. The third-order valence-electron chi connectivity index (χ3n) is 4.47. The van der Waals surface area contributed by atoms with Crippen molar-refractivity contribution < 1.29 is 4.79 Å². The monoisotopic (exact) mass is 347 g/mol. The maximum Gasteiger partial charge on any atom is 0.227 e. The number of fused-ring (bicyclic) bond motifs is 1.